The second-order valence-corrected chi connectivity index (χ2v) is 6.31. The number of rotatable bonds is 8. The molecule has 9 nitrogen and oxygen atoms in total. The first-order valence-corrected chi connectivity index (χ1v) is 8.95. The molecule has 1 heterocycles. The van der Waals surface area contributed by atoms with E-state index in [2.05, 4.69) is 20.9 Å². The van der Waals surface area contributed by atoms with Crippen LogP contribution in [0.4, 0.5) is 21.9 Å². The number of fused-ring (bicyclic) bond motifs is 1. The van der Waals surface area contributed by atoms with Crippen LogP contribution in [0.5, 0.6) is 0 Å². The molecule has 3 rings (SSSR count). The number of ether oxygens (including phenoxy) is 1. The number of pyridine rings is 1. The van der Waals surface area contributed by atoms with Crippen molar-refractivity contribution in [1.29, 1.82) is 0 Å². The second-order valence-electron chi connectivity index (χ2n) is 6.31. The molecule has 2 aromatic carbocycles. The van der Waals surface area contributed by atoms with Crippen molar-refractivity contribution in [3.63, 3.8) is 0 Å². The number of amides is 2. The largest absolute Gasteiger partial charge is 0.382 e. The molecule has 1 aromatic heterocycles. The Hall–Kier alpha value is 1.32. The molecule has 3 aromatic rings. The van der Waals surface area contributed by atoms with Crippen molar-refractivity contribution in [3.05, 3.63) is 71.0 Å². The van der Waals surface area contributed by atoms with Crippen molar-refractivity contribution in [2.24, 2.45) is 0 Å². The van der Waals surface area contributed by atoms with Crippen LogP contribution in [0, 0.1) is 161 Å². The van der Waals surface area contributed by atoms with Gasteiger partial charge in [0.15, 0.2) is 0 Å². The van der Waals surface area contributed by atoms with Crippen molar-refractivity contribution < 1.29 is 165 Å². The van der Waals surface area contributed by atoms with Gasteiger partial charge >= 0.3 is 6.03 Å². The smallest absolute Gasteiger partial charge is 0.319 e. The van der Waals surface area contributed by atoms with Gasteiger partial charge < -0.3 is 20.7 Å². The maximum absolute atomic E-state index is 12.5. The molecule has 182 valence electrons. The predicted octanol–water partition coefficient (Wildman–Crippen LogP) is 3.39. The van der Waals surface area contributed by atoms with Crippen LogP contribution in [0.2, 0.25) is 0 Å². The number of urea groups is 1. The number of benzene rings is 2. The van der Waals surface area contributed by atoms with Gasteiger partial charge in [0.1, 0.15) is 5.69 Å². The number of nitro benzene ring substituents is 1. The fraction of sp³-hybridized carbons (Fsp3) is 0.200. The Bertz CT molecular complexity index is 1020. The van der Waals surface area contributed by atoms with Crippen molar-refractivity contribution in [2.75, 3.05) is 30.9 Å². The SMILES string of the molecule is COCC(CNc1ccccc1[N+](=O)[O-])NC(=O)Nc1cccc2cnccc12.[Ar].[Ar].[Ar].[Ar]. The molecule has 0 aliphatic heterocycles. The first kappa shape index (κ1) is 36.5. The van der Waals surface area contributed by atoms with E-state index in [1.54, 1.807) is 36.7 Å². The van der Waals surface area contributed by atoms with Gasteiger partial charge in [0, 0.05) is 194 Å². The summed E-state index contributed by atoms with van der Waals surface area (Å²) in [7, 11) is 1.52. The van der Waals surface area contributed by atoms with Gasteiger partial charge in [-0.15, -0.1) is 0 Å². The predicted molar refractivity (Wildman–Crippen MR) is 111 cm³/mol. The molecule has 2 amide bonds. The number of carbonyl (C=O) groups excluding carboxylic acids is 1. The number of carbonyl (C=O) groups is 1. The van der Waals surface area contributed by atoms with Crippen LogP contribution in [0.25, 0.3) is 10.8 Å². The van der Waals surface area contributed by atoms with Crippen LogP contribution in [0.15, 0.2) is 60.9 Å². The summed E-state index contributed by atoms with van der Waals surface area (Å²) >= 11 is 0. The topological polar surface area (TPSA) is 118 Å². The minimum atomic E-state index is -0.455. The average Bonchev–Trinajstić information content (AvgIpc) is 2.72. The van der Waals surface area contributed by atoms with Crippen LogP contribution in [-0.4, -0.2) is 42.2 Å². The number of nitrogens with one attached hydrogen (secondary N) is 3. The standard InChI is InChI=1S/C20H21N5O4.4Ar/c1-29-13-15(12-22-18-6-2-3-8-19(18)25(27)28)23-20(26)24-17-7-4-5-14-11-21-10-9-16(14)17;;;;/h2-11,15,22H,12-13H2,1H3,(H2,23,24,26);;;;. The van der Waals surface area contributed by atoms with Gasteiger partial charge in [0.25, 0.3) is 5.69 Å². The molecule has 0 saturated heterocycles. The Morgan fingerprint density at radius 2 is 1.76 bits per heavy atom. The van der Waals surface area contributed by atoms with Crippen LogP contribution >= 0.6 is 0 Å². The van der Waals surface area contributed by atoms with Crippen molar-refractivity contribution in [3.8, 4) is 0 Å². The third-order valence-electron chi connectivity index (χ3n) is 4.27. The molecule has 3 N–H and O–H groups in total. The molecule has 0 saturated carbocycles. The van der Waals surface area contributed by atoms with Gasteiger partial charge in [0.2, 0.25) is 0 Å². The number of nitro groups is 1. The Morgan fingerprint density at radius 3 is 2.45 bits per heavy atom. The number of nitrogens with zero attached hydrogens (tertiary/aromatic N) is 2. The summed E-state index contributed by atoms with van der Waals surface area (Å²) in [5.74, 6) is 0. The quantitative estimate of drug-likeness (QED) is 0.290. The zero-order valence-corrected chi connectivity index (χ0v) is 20.0. The van der Waals surface area contributed by atoms with Crippen LogP contribution in [0.3, 0.4) is 0 Å². The van der Waals surface area contributed by atoms with Crippen molar-refractivity contribution in [2.45, 2.75) is 6.04 Å². The number of hydrogen-bond acceptors (Lipinski definition) is 6. The van der Waals surface area contributed by atoms with Gasteiger partial charge in [-0.2, -0.15) is 0 Å². The van der Waals surface area contributed by atoms with E-state index in [-0.39, 0.29) is 170 Å². The van der Waals surface area contributed by atoms with E-state index in [1.165, 1.54) is 13.2 Å². The van der Waals surface area contributed by atoms with E-state index < -0.39 is 17.0 Å². The summed E-state index contributed by atoms with van der Waals surface area (Å²) in [6.45, 7) is 0.492. The number of aromatic nitrogens is 1. The summed E-state index contributed by atoms with van der Waals surface area (Å²) in [4.78, 5) is 27.3. The third kappa shape index (κ3) is 11.5. The minimum absolute atomic E-state index is 0. The first-order valence-electron chi connectivity index (χ1n) is 8.95. The molecule has 0 aliphatic rings. The third-order valence-corrected chi connectivity index (χ3v) is 4.27. The van der Waals surface area contributed by atoms with E-state index in [9.17, 15) is 14.9 Å². The summed E-state index contributed by atoms with van der Waals surface area (Å²) in [6.07, 6.45) is 3.39. The van der Waals surface area contributed by atoms with E-state index in [4.69, 9.17) is 4.74 Å². The Balaban J connectivity index is 0. The monoisotopic (exact) mass is 555 g/mol. The van der Waals surface area contributed by atoms with Crippen molar-refractivity contribution >= 4 is 33.9 Å². The minimum Gasteiger partial charge on any atom is -0.382 e. The van der Waals surface area contributed by atoms with E-state index >= 15 is 0 Å². The second kappa shape index (κ2) is 19.4. The summed E-state index contributed by atoms with van der Waals surface area (Å²) in [6, 6.07) is 12.9. The average molecular weight is 555 g/mol. The maximum atomic E-state index is 12.5. The number of hydrogen-bond donors (Lipinski definition) is 3. The van der Waals surface area contributed by atoms with Crippen LogP contribution in [-0.2, 0) is 4.74 Å². The Morgan fingerprint density at radius 1 is 1.06 bits per heavy atom. The number of anilines is 2. The molecule has 1 unspecified atom stereocenters. The molecular weight excluding hydrogens is 534 g/mol. The normalized spacial score (nSPS) is 10.2. The molecule has 33 heavy (non-hydrogen) atoms. The molecule has 0 bridgehead atoms. The molecule has 13 heteroatoms. The summed E-state index contributed by atoms with van der Waals surface area (Å²) in [5.41, 5.74) is 1.00. The molecular formula is C20H21Ar4N5O4. The van der Waals surface area contributed by atoms with Crippen LogP contribution < -0.4 is 16.0 Å². The summed E-state index contributed by atoms with van der Waals surface area (Å²) in [5, 5.41) is 21.6. The fourth-order valence-electron chi connectivity index (χ4n) is 2.94. The van der Waals surface area contributed by atoms with Gasteiger partial charge in [-0.3, -0.25) is 15.1 Å². The van der Waals surface area contributed by atoms with E-state index in [0.717, 1.165) is 10.8 Å². The number of para-hydroxylation sites is 2. The van der Waals surface area contributed by atoms with Gasteiger partial charge in [-0.1, -0.05) is 24.3 Å². The van der Waals surface area contributed by atoms with Gasteiger partial charge in [0.05, 0.1) is 23.3 Å². The molecule has 0 spiro atoms. The zero-order valence-electron chi connectivity index (χ0n) is 17.2. The number of methoxy groups -OCH3 is 1. The molecule has 0 radical (unpaired) electrons. The Labute approximate surface area is 311 Å². The van der Waals surface area contributed by atoms with E-state index in [0.29, 0.717) is 11.4 Å². The van der Waals surface area contributed by atoms with Gasteiger partial charge in [-0.05, 0) is 18.2 Å². The first-order chi connectivity index (χ1) is 14.1. The Kier molecular flexibility index (Phi) is 21.5. The molecule has 0 fully saturated rings. The summed E-state index contributed by atoms with van der Waals surface area (Å²) < 4.78 is 5.17. The van der Waals surface area contributed by atoms with Gasteiger partial charge in [-0.25, -0.2) is 4.79 Å². The van der Waals surface area contributed by atoms with E-state index in [1.807, 2.05) is 18.2 Å². The maximum Gasteiger partial charge on any atom is 0.319 e. The molecule has 1 atom stereocenters. The van der Waals surface area contributed by atoms with Crippen molar-refractivity contribution in [1.82, 2.24) is 10.3 Å². The zero-order chi connectivity index (χ0) is 20.6. The fourth-order valence-corrected chi connectivity index (χ4v) is 2.94. The molecule has 0 aliphatic carbocycles. The van der Waals surface area contributed by atoms with Crippen LogP contribution in [0.1, 0.15) is 0 Å².